The summed E-state index contributed by atoms with van der Waals surface area (Å²) in [7, 11) is 2.16. The number of hydrogen-bond acceptors (Lipinski definition) is 2. The molecule has 0 aliphatic heterocycles. The molecule has 2 rings (SSSR count). The molecule has 0 radical (unpaired) electrons. The zero-order chi connectivity index (χ0) is 14.8. The summed E-state index contributed by atoms with van der Waals surface area (Å²) in [6.07, 6.45) is 4.58. The molecule has 0 saturated heterocycles. The lowest BCUT2D eigenvalue weighted by Crippen LogP contribution is -2.32. The summed E-state index contributed by atoms with van der Waals surface area (Å²) in [6.45, 7) is 5.59. The Morgan fingerprint density at radius 3 is 2.70 bits per heavy atom. The lowest BCUT2D eigenvalue weighted by molar-refractivity contribution is 0.0695. The maximum absolute atomic E-state index is 11.2. The summed E-state index contributed by atoms with van der Waals surface area (Å²) in [5.74, 6) is -0.828. The van der Waals surface area contributed by atoms with Crippen LogP contribution in [-0.2, 0) is 6.42 Å². The van der Waals surface area contributed by atoms with E-state index in [9.17, 15) is 9.90 Å². The van der Waals surface area contributed by atoms with Crippen molar-refractivity contribution in [1.29, 1.82) is 0 Å². The van der Waals surface area contributed by atoms with Gasteiger partial charge in [0, 0.05) is 12.6 Å². The molecule has 3 heteroatoms. The lowest BCUT2D eigenvalue weighted by Gasteiger charge is -2.26. The SMILES string of the molecule is CN(CCc1ccccc1C(=O)O)C1CCC(C)(C)C1. The number of nitrogens with zero attached hydrogens (tertiary/aromatic N) is 1. The zero-order valence-corrected chi connectivity index (χ0v) is 12.7. The average Bonchev–Trinajstić information content (AvgIpc) is 2.76. The van der Waals surface area contributed by atoms with Crippen molar-refractivity contribution in [1.82, 2.24) is 4.90 Å². The fourth-order valence-corrected chi connectivity index (χ4v) is 3.20. The van der Waals surface area contributed by atoms with E-state index >= 15 is 0 Å². The van der Waals surface area contributed by atoms with Gasteiger partial charge in [-0.1, -0.05) is 32.0 Å². The molecule has 110 valence electrons. The molecule has 20 heavy (non-hydrogen) atoms. The maximum Gasteiger partial charge on any atom is 0.335 e. The monoisotopic (exact) mass is 275 g/mol. The highest BCUT2D eigenvalue weighted by molar-refractivity contribution is 5.89. The Kier molecular flexibility index (Phi) is 4.48. The fourth-order valence-electron chi connectivity index (χ4n) is 3.20. The van der Waals surface area contributed by atoms with Crippen LogP contribution in [0.5, 0.6) is 0 Å². The molecule has 0 heterocycles. The van der Waals surface area contributed by atoms with Gasteiger partial charge in [0.2, 0.25) is 0 Å². The number of aromatic carboxylic acids is 1. The van der Waals surface area contributed by atoms with E-state index in [1.807, 2.05) is 12.1 Å². The molecule has 1 aromatic carbocycles. The Morgan fingerprint density at radius 1 is 1.40 bits per heavy atom. The first-order valence-corrected chi connectivity index (χ1v) is 7.40. The molecule has 1 saturated carbocycles. The van der Waals surface area contributed by atoms with Crippen LogP contribution < -0.4 is 0 Å². The van der Waals surface area contributed by atoms with Crippen molar-refractivity contribution >= 4 is 5.97 Å². The minimum absolute atomic E-state index is 0.438. The molecular formula is C17H25NO2. The van der Waals surface area contributed by atoms with E-state index in [4.69, 9.17) is 0 Å². The smallest absolute Gasteiger partial charge is 0.335 e. The maximum atomic E-state index is 11.2. The zero-order valence-electron chi connectivity index (χ0n) is 12.7. The number of carboxylic acid groups (broad SMARTS) is 1. The van der Waals surface area contributed by atoms with Crippen LogP contribution in [0.15, 0.2) is 24.3 Å². The van der Waals surface area contributed by atoms with Gasteiger partial charge in [-0.05, 0) is 49.8 Å². The second kappa shape index (κ2) is 5.96. The summed E-state index contributed by atoms with van der Waals surface area (Å²) >= 11 is 0. The van der Waals surface area contributed by atoms with Crippen LogP contribution in [0.2, 0.25) is 0 Å². The molecule has 3 nitrogen and oxygen atoms in total. The van der Waals surface area contributed by atoms with E-state index < -0.39 is 5.97 Å². The highest BCUT2D eigenvalue weighted by Gasteiger charge is 2.32. The van der Waals surface area contributed by atoms with Crippen molar-refractivity contribution in [3.63, 3.8) is 0 Å². The first kappa shape index (κ1) is 15.0. The lowest BCUT2D eigenvalue weighted by atomic mass is 9.91. The highest BCUT2D eigenvalue weighted by Crippen LogP contribution is 2.38. The third-order valence-electron chi connectivity index (χ3n) is 4.55. The van der Waals surface area contributed by atoms with Crippen LogP contribution in [0, 0.1) is 5.41 Å². The third-order valence-corrected chi connectivity index (χ3v) is 4.55. The van der Waals surface area contributed by atoms with Gasteiger partial charge in [-0.2, -0.15) is 0 Å². The Hall–Kier alpha value is -1.35. The molecule has 1 fully saturated rings. The Bertz CT molecular complexity index is 482. The predicted molar refractivity (Wildman–Crippen MR) is 81.2 cm³/mol. The van der Waals surface area contributed by atoms with Crippen LogP contribution in [0.4, 0.5) is 0 Å². The molecular weight excluding hydrogens is 250 g/mol. The molecule has 1 N–H and O–H groups in total. The second-order valence-corrected chi connectivity index (χ2v) is 6.75. The van der Waals surface area contributed by atoms with Gasteiger partial charge in [0.25, 0.3) is 0 Å². The first-order chi connectivity index (χ1) is 9.39. The van der Waals surface area contributed by atoms with E-state index in [1.54, 1.807) is 12.1 Å². The van der Waals surface area contributed by atoms with Crippen LogP contribution in [0.1, 0.15) is 49.0 Å². The van der Waals surface area contributed by atoms with E-state index in [0.29, 0.717) is 17.0 Å². The van der Waals surface area contributed by atoms with Gasteiger partial charge < -0.3 is 10.0 Å². The summed E-state index contributed by atoms with van der Waals surface area (Å²) in [6, 6.07) is 7.96. The highest BCUT2D eigenvalue weighted by atomic mass is 16.4. The van der Waals surface area contributed by atoms with Crippen molar-refractivity contribution in [2.45, 2.75) is 45.6 Å². The Balaban J connectivity index is 1.94. The van der Waals surface area contributed by atoms with E-state index in [0.717, 1.165) is 18.5 Å². The number of carboxylic acids is 1. The number of likely N-dealkylation sites (N-methyl/N-ethyl adjacent to an activating group) is 1. The van der Waals surface area contributed by atoms with Crippen molar-refractivity contribution in [3.8, 4) is 0 Å². The molecule has 0 aromatic heterocycles. The second-order valence-electron chi connectivity index (χ2n) is 6.75. The molecule has 1 unspecified atom stereocenters. The molecule has 0 amide bonds. The van der Waals surface area contributed by atoms with E-state index in [-0.39, 0.29) is 0 Å². The van der Waals surface area contributed by atoms with Gasteiger partial charge in [0.15, 0.2) is 0 Å². The van der Waals surface area contributed by atoms with E-state index in [2.05, 4.69) is 25.8 Å². The standard InChI is InChI=1S/C17H25NO2/c1-17(2)10-8-14(12-17)18(3)11-9-13-6-4-5-7-15(13)16(19)20/h4-7,14H,8-12H2,1-3H3,(H,19,20). The third kappa shape index (κ3) is 3.60. The Labute approximate surface area is 121 Å². The molecule has 0 bridgehead atoms. The van der Waals surface area contributed by atoms with Gasteiger partial charge in [0.1, 0.15) is 0 Å². The van der Waals surface area contributed by atoms with Crippen LogP contribution in [-0.4, -0.2) is 35.6 Å². The summed E-state index contributed by atoms with van der Waals surface area (Å²) in [5.41, 5.74) is 1.83. The van der Waals surface area contributed by atoms with Gasteiger partial charge in [0.05, 0.1) is 5.56 Å². The summed E-state index contributed by atoms with van der Waals surface area (Å²) in [4.78, 5) is 13.6. The fraction of sp³-hybridized carbons (Fsp3) is 0.588. The van der Waals surface area contributed by atoms with Crippen LogP contribution in [0.3, 0.4) is 0 Å². The minimum Gasteiger partial charge on any atom is -0.478 e. The van der Waals surface area contributed by atoms with Crippen molar-refractivity contribution in [2.75, 3.05) is 13.6 Å². The topological polar surface area (TPSA) is 40.5 Å². The predicted octanol–water partition coefficient (Wildman–Crippen LogP) is 3.44. The van der Waals surface area contributed by atoms with E-state index in [1.165, 1.54) is 19.3 Å². The largest absolute Gasteiger partial charge is 0.478 e. The molecule has 1 aromatic rings. The van der Waals surface area contributed by atoms with Gasteiger partial charge in [-0.25, -0.2) is 4.79 Å². The van der Waals surface area contributed by atoms with Gasteiger partial charge in [-0.15, -0.1) is 0 Å². The molecule has 1 atom stereocenters. The Morgan fingerprint density at radius 2 is 2.10 bits per heavy atom. The quantitative estimate of drug-likeness (QED) is 0.895. The molecule has 1 aliphatic carbocycles. The van der Waals surface area contributed by atoms with Crippen molar-refractivity contribution < 1.29 is 9.90 Å². The molecule has 0 spiro atoms. The average molecular weight is 275 g/mol. The normalized spacial score (nSPS) is 21.3. The molecule has 1 aliphatic rings. The van der Waals surface area contributed by atoms with Crippen molar-refractivity contribution in [3.05, 3.63) is 35.4 Å². The van der Waals surface area contributed by atoms with Crippen molar-refractivity contribution in [2.24, 2.45) is 5.41 Å². The minimum atomic E-state index is -0.828. The van der Waals surface area contributed by atoms with Crippen LogP contribution in [0.25, 0.3) is 0 Å². The number of carbonyl (C=O) groups is 1. The number of hydrogen-bond donors (Lipinski definition) is 1. The first-order valence-electron chi connectivity index (χ1n) is 7.40. The number of benzene rings is 1. The number of rotatable bonds is 5. The van der Waals surface area contributed by atoms with Gasteiger partial charge in [-0.3, -0.25) is 0 Å². The van der Waals surface area contributed by atoms with Crippen LogP contribution >= 0.6 is 0 Å². The summed E-state index contributed by atoms with van der Waals surface area (Å²) in [5, 5.41) is 9.20. The summed E-state index contributed by atoms with van der Waals surface area (Å²) < 4.78 is 0. The van der Waals surface area contributed by atoms with Gasteiger partial charge >= 0.3 is 5.97 Å².